The van der Waals surface area contributed by atoms with E-state index in [-0.39, 0.29) is 11.5 Å². The SMILES string of the molecule is CN(C)S(=O)n1ncc(-c2ccc(C3(c4ccc(Cl)cc4)CCN(C(=O)OC(C)(C)C)CC3)cc2)c1C1CC1. The minimum Gasteiger partial charge on any atom is -0.444 e. The minimum atomic E-state index is -1.35. The summed E-state index contributed by atoms with van der Waals surface area (Å²) in [6.45, 7) is 6.89. The molecule has 3 aromatic rings. The van der Waals surface area contributed by atoms with Crippen LogP contribution in [0.3, 0.4) is 0 Å². The van der Waals surface area contributed by atoms with Gasteiger partial charge in [0.25, 0.3) is 0 Å². The molecule has 2 heterocycles. The van der Waals surface area contributed by atoms with Gasteiger partial charge in [-0.25, -0.2) is 13.3 Å². The fourth-order valence-corrected chi connectivity index (χ4v) is 6.43. The molecule has 1 aliphatic carbocycles. The average molecular weight is 569 g/mol. The highest BCUT2D eigenvalue weighted by molar-refractivity contribution is 7.80. The van der Waals surface area contributed by atoms with Crippen molar-refractivity contribution in [3.8, 4) is 11.1 Å². The number of hydrogen-bond acceptors (Lipinski definition) is 4. The smallest absolute Gasteiger partial charge is 0.410 e. The van der Waals surface area contributed by atoms with Crippen molar-refractivity contribution >= 4 is 28.9 Å². The van der Waals surface area contributed by atoms with Crippen molar-refractivity contribution in [1.82, 2.24) is 18.4 Å². The Morgan fingerprint density at radius 3 is 2.10 bits per heavy atom. The predicted molar refractivity (Wildman–Crippen MR) is 156 cm³/mol. The largest absolute Gasteiger partial charge is 0.444 e. The minimum absolute atomic E-state index is 0.252. The molecule has 1 saturated carbocycles. The molecule has 5 rings (SSSR count). The molecule has 2 aromatic carbocycles. The van der Waals surface area contributed by atoms with Crippen LogP contribution in [-0.2, 0) is 21.3 Å². The van der Waals surface area contributed by atoms with Crippen LogP contribution in [0.1, 0.15) is 69.2 Å². The maximum absolute atomic E-state index is 12.9. The summed E-state index contributed by atoms with van der Waals surface area (Å²) in [6.07, 6.45) is 5.32. The molecular formula is C30H37ClN4O3S. The van der Waals surface area contributed by atoms with Crippen LogP contribution in [0.15, 0.2) is 54.7 Å². The summed E-state index contributed by atoms with van der Waals surface area (Å²) >= 11 is 4.89. The van der Waals surface area contributed by atoms with Crippen LogP contribution in [0.4, 0.5) is 4.79 Å². The van der Waals surface area contributed by atoms with E-state index in [9.17, 15) is 9.00 Å². The normalized spacial score (nSPS) is 18.3. The Hall–Kier alpha value is -2.68. The van der Waals surface area contributed by atoms with Crippen molar-refractivity contribution in [2.45, 2.75) is 63.4 Å². The number of ether oxygens (including phenoxy) is 1. The highest BCUT2D eigenvalue weighted by Crippen LogP contribution is 2.46. The summed E-state index contributed by atoms with van der Waals surface area (Å²) in [4.78, 5) is 14.6. The van der Waals surface area contributed by atoms with Crippen molar-refractivity contribution in [1.29, 1.82) is 0 Å². The van der Waals surface area contributed by atoms with Gasteiger partial charge in [0, 0.05) is 49.1 Å². The number of hydrogen-bond donors (Lipinski definition) is 0. The van der Waals surface area contributed by atoms with E-state index in [1.165, 1.54) is 11.1 Å². The second kappa shape index (κ2) is 10.7. The van der Waals surface area contributed by atoms with Crippen LogP contribution in [0.5, 0.6) is 0 Å². The number of nitrogens with zero attached hydrogens (tertiary/aromatic N) is 4. The summed E-state index contributed by atoms with van der Waals surface area (Å²) in [7, 11) is 3.60. The maximum Gasteiger partial charge on any atom is 0.410 e. The number of carbonyl (C=O) groups excluding carboxylic acids is 1. The van der Waals surface area contributed by atoms with Gasteiger partial charge in [-0.3, -0.25) is 0 Å². The zero-order chi connectivity index (χ0) is 27.9. The fraction of sp³-hybridized carbons (Fsp3) is 0.467. The molecule has 2 fully saturated rings. The number of carbonyl (C=O) groups is 1. The van der Waals surface area contributed by atoms with E-state index < -0.39 is 16.8 Å². The molecule has 1 aliphatic heterocycles. The third-order valence-corrected chi connectivity index (χ3v) is 9.08. The monoisotopic (exact) mass is 568 g/mol. The van der Waals surface area contributed by atoms with Gasteiger partial charge in [0.1, 0.15) is 5.60 Å². The van der Waals surface area contributed by atoms with E-state index in [1.807, 2.05) is 44.0 Å². The third-order valence-electron chi connectivity index (χ3n) is 7.61. The average Bonchev–Trinajstić information content (AvgIpc) is 3.65. The molecule has 39 heavy (non-hydrogen) atoms. The predicted octanol–water partition coefficient (Wildman–Crippen LogP) is 6.39. The molecule has 7 nitrogen and oxygen atoms in total. The van der Waals surface area contributed by atoms with Gasteiger partial charge in [0.05, 0.1) is 11.9 Å². The Balaban J connectivity index is 1.46. The molecule has 1 unspecified atom stereocenters. The Morgan fingerprint density at radius 2 is 1.59 bits per heavy atom. The number of amides is 1. The molecule has 0 radical (unpaired) electrons. The Kier molecular flexibility index (Phi) is 7.65. The molecule has 0 spiro atoms. The first-order chi connectivity index (χ1) is 18.5. The second-order valence-corrected chi connectivity index (χ2v) is 13.7. The maximum atomic E-state index is 12.9. The van der Waals surface area contributed by atoms with Crippen LogP contribution in [0.2, 0.25) is 5.02 Å². The molecule has 1 aromatic heterocycles. The number of benzene rings is 2. The number of piperidine rings is 1. The number of aromatic nitrogens is 2. The molecular weight excluding hydrogens is 532 g/mol. The van der Waals surface area contributed by atoms with Crippen LogP contribution >= 0.6 is 11.6 Å². The van der Waals surface area contributed by atoms with Crippen molar-refractivity contribution in [3.05, 3.63) is 76.6 Å². The lowest BCUT2D eigenvalue weighted by Crippen LogP contribution is -2.47. The highest BCUT2D eigenvalue weighted by atomic mass is 35.5. The molecule has 0 bridgehead atoms. The zero-order valence-corrected chi connectivity index (χ0v) is 24.9. The molecule has 1 saturated heterocycles. The van der Waals surface area contributed by atoms with E-state index >= 15 is 0 Å². The van der Waals surface area contributed by atoms with Gasteiger partial charge in [-0.15, -0.1) is 0 Å². The quantitative estimate of drug-likeness (QED) is 0.346. The van der Waals surface area contributed by atoms with Crippen LogP contribution < -0.4 is 0 Å². The molecule has 2 aliphatic rings. The van der Waals surface area contributed by atoms with Gasteiger partial charge in [-0.2, -0.15) is 9.19 Å². The first kappa shape index (κ1) is 27.9. The summed E-state index contributed by atoms with van der Waals surface area (Å²) in [5.74, 6) is 0.392. The van der Waals surface area contributed by atoms with Crippen molar-refractivity contribution < 1.29 is 13.7 Å². The van der Waals surface area contributed by atoms with Gasteiger partial charge in [0.2, 0.25) is 11.2 Å². The lowest BCUT2D eigenvalue weighted by molar-refractivity contribution is 0.0180. The lowest BCUT2D eigenvalue weighted by atomic mass is 9.68. The Labute approximate surface area is 238 Å². The van der Waals surface area contributed by atoms with E-state index in [0.29, 0.717) is 24.0 Å². The van der Waals surface area contributed by atoms with Crippen molar-refractivity contribution in [2.24, 2.45) is 0 Å². The molecule has 208 valence electrons. The lowest BCUT2D eigenvalue weighted by Gasteiger charge is -2.43. The van der Waals surface area contributed by atoms with Crippen LogP contribution in [0.25, 0.3) is 11.1 Å². The Morgan fingerprint density at radius 1 is 1.03 bits per heavy atom. The third kappa shape index (κ3) is 5.79. The number of rotatable bonds is 6. The van der Waals surface area contributed by atoms with Gasteiger partial charge < -0.3 is 9.64 Å². The van der Waals surface area contributed by atoms with Crippen molar-refractivity contribution in [3.63, 3.8) is 0 Å². The summed E-state index contributed by atoms with van der Waals surface area (Å²) in [5, 5.41) is 5.22. The molecule has 1 atom stereocenters. The van der Waals surface area contributed by atoms with E-state index in [0.717, 1.165) is 42.5 Å². The van der Waals surface area contributed by atoms with Gasteiger partial charge >= 0.3 is 6.09 Å². The van der Waals surface area contributed by atoms with Gasteiger partial charge in [-0.05, 0) is 75.3 Å². The van der Waals surface area contributed by atoms with E-state index in [2.05, 4.69) is 41.5 Å². The van der Waals surface area contributed by atoms with Crippen LogP contribution in [0, 0.1) is 0 Å². The number of likely N-dealkylation sites (tertiary alicyclic amines) is 1. The van der Waals surface area contributed by atoms with E-state index in [1.54, 1.807) is 22.5 Å². The van der Waals surface area contributed by atoms with E-state index in [4.69, 9.17) is 16.3 Å². The molecule has 9 heteroatoms. The first-order valence-electron chi connectivity index (χ1n) is 13.5. The van der Waals surface area contributed by atoms with Crippen molar-refractivity contribution in [2.75, 3.05) is 27.2 Å². The Bertz CT molecular complexity index is 1350. The highest BCUT2D eigenvalue weighted by Gasteiger charge is 2.40. The topological polar surface area (TPSA) is 67.7 Å². The van der Waals surface area contributed by atoms with Gasteiger partial charge in [-0.1, -0.05) is 48.0 Å². The fourth-order valence-electron chi connectivity index (χ4n) is 5.46. The standard InChI is InChI=1S/C30H37ClN4O3S/c1-29(2,3)38-28(36)34-18-16-30(17-19-34,24-12-14-25(31)15-13-24)23-10-8-21(9-11-23)26-20-32-35(39(37)33(4)5)27(26)22-6-7-22/h8-15,20,22H,6-7,16-19H2,1-5H3. The van der Waals surface area contributed by atoms with Crippen LogP contribution in [-0.4, -0.2) is 61.5 Å². The second-order valence-electron chi connectivity index (χ2n) is 11.8. The number of halogens is 1. The zero-order valence-electron chi connectivity index (χ0n) is 23.3. The summed E-state index contributed by atoms with van der Waals surface area (Å²) < 4.78 is 21.9. The first-order valence-corrected chi connectivity index (χ1v) is 15.0. The summed E-state index contributed by atoms with van der Waals surface area (Å²) in [6, 6.07) is 16.8. The molecule has 1 amide bonds. The van der Waals surface area contributed by atoms with Gasteiger partial charge in [0.15, 0.2) is 0 Å². The molecule has 0 N–H and O–H groups in total. The summed E-state index contributed by atoms with van der Waals surface area (Å²) in [5.41, 5.74) is 4.78.